The van der Waals surface area contributed by atoms with Crippen LogP contribution in [0.1, 0.15) is 93.5 Å². The second kappa shape index (κ2) is 14.7. The Labute approximate surface area is 154 Å². The van der Waals surface area contributed by atoms with Gasteiger partial charge in [0.2, 0.25) is 0 Å². The molecule has 0 unspecified atom stereocenters. The van der Waals surface area contributed by atoms with Crippen molar-refractivity contribution < 1.29 is 9.53 Å². The van der Waals surface area contributed by atoms with Crippen LogP contribution in [0.15, 0.2) is 30.4 Å². The zero-order valence-corrected chi connectivity index (χ0v) is 16.3. The van der Waals surface area contributed by atoms with Crippen LogP contribution in [0, 0.1) is 0 Å². The van der Waals surface area contributed by atoms with E-state index in [0.29, 0.717) is 11.3 Å². The van der Waals surface area contributed by atoms with Gasteiger partial charge in [0.25, 0.3) is 0 Å². The van der Waals surface area contributed by atoms with E-state index in [0.717, 1.165) is 24.7 Å². The lowest BCUT2D eigenvalue weighted by Crippen LogP contribution is -1.97. The quantitative estimate of drug-likeness (QED) is 0.196. The minimum absolute atomic E-state index is 0.689. The summed E-state index contributed by atoms with van der Waals surface area (Å²) in [4.78, 5) is 11.3. The molecule has 0 saturated heterocycles. The number of aryl methyl sites for hydroxylation is 1. The van der Waals surface area contributed by atoms with E-state index in [1.54, 1.807) is 7.11 Å². The Balaban J connectivity index is 2.06. The van der Waals surface area contributed by atoms with Crippen LogP contribution in [0.2, 0.25) is 0 Å². The van der Waals surface area contributed by atoms with Gasteiger partial charge < -0.3 is 4.74 Å². The maximum absolute atomic E-state index is 11.3. The molecule has 0 aliphatic heterocycles. The van der Waals surface area contributed by atoms with E-state index >= 15 is 0 Å². The molecule has 0 atom stereocenters. The summed E-state index contributed by atoms with van der Waals surface area (Å²) in [6, 6.07) is 5.86. The Bertz CT molecular complexity index is 491. The molecule has 0 spiro atoms. The third kappa shape index (κ3) is 9.48. The van der Waals surface area contributed by atoms with Gasteiger partial charge in [-0.15, -0.1) is 0 Å². The third-order valence-corrected chi connectivity index (χ3v) is 4.70. The average molecular weight is 345 g/mol. The topological polar surface area (TPSA) is 26.3 Å². The number of unbranched alkanes of at least 4 members (excludes halogenated alkanes) is 9. The number of ether oxygens (including phenoxy) is 1. The second-order valence-corrected chi connectivity index (χ2v) is 6.78. The molecule has 0 radical (unpaired) electrons. The number of rotatable bonds is 15. The standard InChI is InChI=1S/C23H36O2/c1-3-4-5-6-7-8-9-10-11-12-13-14-15-17-21-18-16-19-23(25-2)22(21)20-24/h8-9,16,18-20H,3-7,10-15,17H2,1-2H3/b9-8+. The molecule has 140 valence electrons. The van der Waals surface area contributed by atoms with Gasteiger partial charge in [0, 0.05) is 0 Å². The maximum Gasteiger partial charge on any atom is 0.154 e. The summed E-state index contributed by atoms with van der Waals surface area (Å²) in [5.41, 5.74) is 1.83. The molecule has 0 aliphatic rings. The van der Waals surface area contributed by atoms with Gasteiger partial charge in [-0.25, -0.2) is 0 Å². The molecule has 0 aromatic heterocycles. The molecular weight excluding hydrogens is 308 g/mol. The molecule has 2 heteroatoms. The number of hydrogen-bond donors (Lipinski definition) is 0. The maximum atomic E-state index is 11.3. The first-order valence-corrected chi connectivity index (χ1v) is 10.1. The molecule has 0 heterocycles. The van der Waals surface area contributed by atoms with Crippen LogP contribution in [0.25, 0.3) is 0 Å². The van der Waals surface area contributed by atoms with Crippen molar-refractivity contribution in [2.24, 2.45) is 0 Å². The normalized spacial score (nSPS) is 11.1. The molecule has 1 aromatic rings. The zero-order valence-electron chi connectivity index (χ0n) is 16.3. The Kier molecular flexibility index (Phi) is 12.7. The molecule has 0 saturated carbocycles. The molecule has 0 aliphatic carbocycles. The molecule has 25 heavy (non-hydrogen) atoms. The zero-order chi connectivity index (χ0) is 18.2. The molecular formula is C23H36O2. The summed E-state index contributed by atoms with van der Waals surface area (Å²) >= 11 is 0. The Morgan fingerprint density at radius 1 is 0.880 bits per heavy atom. The number of hydrogen-bond acceptors (Lipinski definition) is 2. The van der Waals surface area contributed by atoms with Gasteiger partial charge in [-0.3, -0.25) is 4.79 Å². The number of methoxy groups -OCH3 is 1. The lowest BCUT2D eigenvalue weighted by atomic mass is 10.0. The molecule has 1 rings (SSSR count). The van der Waals surface area contributed by atoms with E-state index in [1.165, 1.54) is 64.2 Å². The summed E-state index contributed by atoms with van der Waals surface area (Å²) in [5.74, 6) is 0.689. The van der Waals surface area contributed by atoms with Crippen LogP contribution in [0.4, 0.5) is 0 Å². The Morgan fingerprint density at radius 3 is 2.16 bits per heavy atom. The minimum atomic E-state index is 0.689. The summed E-state index contributed by atoms with van der Waals surface area (Å²) < 4.78 is 5.26. The lowest BCUT2D eigenvalue weighted by Gasteiger charge is -2.09. The molecule has 0 bridgehead atoms. The van der Waals surface area contributed by atoms with Gasteiger partial charge in [-0.05, 0) is 50.2 Å². The van der Waals surface area contributed by atoms with Crippen molar-refractivity contribution in [2.75, 3.05) is 7.11 Å². The van der Waals surface area contributed by atoms with Crippen LogP contribution in [0.5, 0.6) is 5.75 Å². The van der Waals surface area contributed by atoms with Crippen molar-refractivity contribution in [1.29, 1.82) is 0 Å². The number of benzene rings is 1. The van der Waals surface area contributed by atoms with Crippen LogP contribution in [0.3, 0.4) is 0 Å². The molecule has 0 fully saturated rings. The number of carbonyl (C=O) groups is 1. The van der Waals surface area contributed by atoms with E-state index in [1.807, 2.05) is 18.2 Å². The van der Waals surface area contributed by atoms with Crippen molar-refractivity contribution >= 4 is 6.29 Å². The smallest absolute Gasteiger partial charge is 0.154 e. The first-order valence-electron chi connectivity index (χ1n) is 10.1. The Morgan fingerprint density at radius 2 is 1.52 bits per heavy atom. The van der Waals surface area contributed by atoms with Crippen molar-refractivity contribution in [1.82, 2.24) is 0 Å². The van der Waals surface area contributed by atoms with E-state index in [9.17, 15) is 4.79 Å². The SMILES string of the molecule is CCCCCC/C=C/CCCCCCCc1cccc(OC)c1C=O. The van der Waals surface area contributed by atoms with E-state index < -0.39 is 0 Å². The predicted octanol–water partition coefficient (Wildman–Crippen LogP) is 6.92. The van der Waals surface area contributed by atoms with Gasteiger partial charge in [0.1, 0.15) is 5.75 Å². The Hall–Kier alpha value is -1.57. The summed E-state index contributed by atoms with van der Waals surface area (Å²) in [6.07, 6.45) is 20.7. The molecule has 0 amide bonds. The van der Waals surface area contributed by atoms with Gasteiger partial charge in [0.05, 0.1) is 12.7 Å². The highest BCUT2D eigenvalue weighted by Crippen LogP contribution is 2.22. The number of aldehydes is 1. The van der Waals surface area contributed by atoms with Gasteiger partial charge in [-0.1, -0.05) is 69.7 Å². The van der Waals surface area contributed by atoms with Gasteiger partial charge in [-0.2, -0.15) is 0 Å². The van der Waals surface area contributed by atoms with E-state index in [2.05, 4.69) is 19.1 Å². The van der Waals surface area contributed by atoms with E-state index in [-0.39, 0.29) is 0 Å². The fourth-order valence-corrected chi connectivity index (χ4v) is 3.15. The third-order valence-electron chi connectivity index (χ3n) is 4.70. The summed E-state index contributed by atoms with van der Waals surface area (Å²) in [5, 5.41) is 0. The lowest BCUT2D eigenvalue weighted by molar-refractivity contribution is 0.111. The molecule has 1 aromatic carbocycles. The minimum Gasteiger partial charge on any atom is -0.496 e. The summed E-state index contributed by atoms with van der Waals surface area (Å²) in [6.45, 7) is 2.26. The van der Waals surface area contributed by atoms with Crippen molar-refractivity contribution in [3.63, 3.8) is 0 Å². The monoisotopic (exact) mass is 344 g/mol. The van der Waals surface area contributed by atoms with Crippen molar-refractivity contribution in [3.8, 4) is 5.75 Å². The fraction of sp³-hybridized carbons (Fsp3) is 0.609. The van der Waals surface area contributed by atoms with Gasteiger partial charge in [0.15, 0.2) is 6.29 Å². The number of allylic oxidation sites excluding steroid dienone is 2. The highest BCUT2D eigenvalue weighted by molar-refractivity contribution is 5.81. The van der Waals surface area contributed by atoms with Crippen LogP contribution in [-0.2, 0) is 6.42 Å². The largest absolute Gasteiger partial charge is 0.496 e. The average Bonchev–Trinajstić information content (AvgIpc) is 2.65. The highest BCUT2D eigenvalue weighted by Gasteiger charge is 2.07. The van der Waals surface area contributed by atoms with E-state index in [4.69, 9.17) is 4.74 Å². The van der Waals surface area contributed by atoms with Gasteiger partial charge >= 0.3 is 0 Å². The van der Waals surface area contributed by atoms with Crippen molar-refractivity contribution in [2.45, 2.75) is 84.0 Å². The van der Waals surface area contributed by atoms with Crippen molar-refractivity contribution in [3.05, 3.63) is 41.5 Å². The predicted molar refractivity (Wildman–Crippen MR) is 108 cm³/mol. The number of carbonyl (C=O) groups excluding carboxylic acids is 1. The fourth-order valence-electron chi connectivity index (χ4n) is 3.15. The first-order chi connectivity index (χ1) is 12.3. The molecule has 0 N–H and O–H groups in total. The summed E-state index contributed by atoms with van der Waals surface area (Å²) in [7, 11) is 1.62. The first kappa shape index (κ1) is 21.5. The highest BCUT2D eigenvalue weighted by atomic mass is 16.5. The second-order valence-electron chi connectivity index (χ2n) is 6.78. The van der Waals surface area contributed by atoms with Crippen LogP contribution < -0.4 is 4.74 Å². The van der Waals surface area contributed by atoms with Crippen LogP contribution >= 0.6 is 0 Å². The molecule has 2 nitrogen and oxygen atoms in total. The van der Waals surface area contributed by atoms with Crippen LogP contribution in [-0.4, -0.2) is 13.4 Å².